The Kier molecular flexibility index (Phi) is 7.62. The third-order valence-corrected chi connectivity index (χ3v) is 6.43. The molecule has 2 aliphatic rings. The molecule has 0 bridgehead atoms. The van der Waals surface area contributed by atoms with Gasteiger partial charge in [0.2, 0.25) is 5.91 Å². The summed E-state index contributed by atoms with van der Waals surface area (Å²) in [5, 5.41) is 14.4. The molecule has 0 saturated carbocycles. The van der Waals surface area contributed by atoms with Crippen LogP contribution in [0.5, 0.6) is 0 Å². The molecule has 0 fully saturated rings. The number of hydrogen-bond donors (Lipinski definition) is 3. The second-order valence-electron chi connectivity index (χ2n) is 8.80. The average molecular weight is 463 g/mol. The van der Waals surface area contributed by atoms with Gasteiger partial charge in [0.1, 0.15) is 6.61 Å². The minimum absolute atomic E-state index is 0.00583. The topological polar surface area (TPSA) is 105 Å². The summed E-state index contributed by atoms with van der Waals surface area (Å²) in [6, 6.07) is 16.1. The lowest BCUT2D eigenvalue weighted by Gasteiger charge is -2.17. The first-order chi connectivity index (χ1) is 16.5. The first-order valence-electron chi connectivity index (χ1n) is 11.8. The van der Waals surface area contributed by atoms with Crippen molar-refractivity contribution in [3.63, 3.8) is 0 Å². The maximum atomic E-state index is 12.5. The summed E-state index contributed by atoms with van der Waals surface area (Å²) >= 11 is 0. The van der Waals surface area contributed by atoms with Crippen molar-refractivity contribution in [2.24, 2.45) is 5.92 Å². The van der Waals surface area contributed by atoms with Gasteiger partial charge >= 0.3 is 12.1 Å². The van der Waals surface area contributed by atoms with Crippen molar-refractivity contribution in [1.29, 1.82) is 0 Å². The zero-order chi connectivity index (χ0) is 23.9. The van der Waals surface area contributed by atoms with Gasteiger partial charge in [-0.2, -0.15) is 0 Å². The van der Waals surface area contributed by atoms with Crippen LogP contribution in [0, 0.1) is 5.92 Å². The largest absolute Gasteiger partial charge is 0.481 e. The normalized spacial score (nSPS) is 18.2. The van der Waals surface area contributed by atoms with Crippen LogP contribution in [0.1, 0.15) is 49.1 Å². The number of hydrogen-bond acceptors (Lipinski definition) is 4. The highest BCUT2D eigenvalue weighted by Crippen LogP contribution is 2.44. The summed E-state index contributed by atoms with van der Waals surface area (Å²) < 4.78 is 5.59. The second-order valence-corrected chi connectivity index (χ2v) is 8.80. The van der Waals surface area contributed by atoms with E-state index in [2.05, 4.69) is 34.9 Å². The lowest BCUT2D eigenvalue weighted by molar-refractivity contribution is -0.137. The third kappa shape index (κ3) is 5.65. The van der Waals surface area contributed by atoms with Gasteiger partial charge in [-0.1, -0.05) is 67.1 Å². The molecule has 0 heterocycles. The molecule has 2 atom stereocenters. The van der Waals surface area contributed by atoms with E-state index in [-0.39, 0.29) is 36.8 Å². The minimum Gasteiger partial charge on any atom is -0.481 e. The number of rotatable bonds is 10. The maximum Gasteiger partial charge on any atom is 0.407 e. The summed E-state index contributed by atoms with van der Waals surface area (Å²) in [6.07, 6.45) is 5.93. The molecule has 178 valence electrons. The number of alkyl carbamates (subject to hydrolysis) is 1. The maximum absolute atomic E-state index is 12.5. The molecule has 7 heteroatoms. The molecule has 0 saturated heterocycles. The first-order valence-corrected chi connectivity index (χ1v) is 11.8. The fourth-order valence-corrected chi connectivity index (χ4v) is 4.71. The Balaban J connectivity index is 1.20. The van der Waals surface area contributed by atoms with Crippen molar-refractivity contribution < 1.29 is 24.2 Å². The number of carboxylic acids is 1. The van der Waals surface area contributed by atoms with E-state index >= 15 is 0 Å². The number of carbonyl (C=O) groups is 3. The van der Waals surface area contributed by atoms with Crippen LogP contribution in [0.15, 0.2) is 60.7 Å². The van der Waals surface area contributed by atoms with Gasteiger partial charge in [0.05, 0.1) is 12.0 Å². The standard InChI is InChI=1S/C27H30N2O5/c30-25(31)12-2-1-7-15-28-26(32)18-13-14-19(16-18)29-27(33)34-17-24-22-10-5-3-8-20(22)21-9-4-6-11-23(21)24/h3-6,8-11,13-14,18-19,24H,1-2,7,12,15-17H2,(H,28,32)(H,29,33)(H,30,31). The lowest BCUT2D eigenvalue weighted by Crippen LogP contribution is -2.36. The number of fused-ring (bicyclic) bond motifs is 3. The molecule has 3 N–H and O–H groups in total. The van der Waals surface area contributed by atoms with Crippen molar-refractivity contribution in [2.45, 2.75) is 44.1 Å². The number of unbranched alkanes of at least 4 members (excludes halogenated alkanes) is 2. The zero-order valence-electron chi connectivity index (χ0n) is 19.0. The fraction of sp³-hybridized carbons (Fsp3) is 0.370. The van der Waals surface area contributed by atoms with E-state index in [1.54, 1.807) is 0 Å². The highest BCUT2D eigenvalue weighted by molar-refractivity contribution is 5.81. The van der Waals surface area contributed by atoms with Crippen molar-refractivity contribution >= 4 is 18.0 Å². The van der Waals surface area contributed by atoms with E-state index in [0.29, 0.717) is 19.4 Å². The Morgan fingerprint density at radius 1 is 0.912 bits per heavy atom. The van der Waals surface area contributed by atoms with Gasteiger partial charge in [0, 0.05) is 18.9 Å². The lowest BCUT2D eigenvalue weighted by atomic mass is 9.98. The van der Waals surface area contributed by atoms with Gasteiger partial charge in [0.25, 0.3) is 0 Å². The molecule has 7 nitrogen and oxygen atoms in total. The van der Waals surface area contributed by atoms with Crippen LogP contribution in [-0.4, -0.2) is 42.3 Å². The summed E-state index contributed by atoms with van der Waals surface area (Å²) in [7, 11) is 0. The first kappa shape index (κ1) is 23.5. The molecule has 2 amide bonds. The molecule has 0 spiro atoms. The van der Waals surface area contributed by atoms with E-state index in [1.807, 2.05) is 36.4 Å². The van der Waals surface area contributed by atoms with Gasteiger partial charge in [0.15, 0.2) is 0 Å². The molecule has 0 aliphatic heterocycles. The average Bonchev–Trinajstić information content (AvgIpc) is 3.42. The summed E-state index contributed by atoms with van der Waals surface area (Å²) in [4.78, 5) is 35.3. The van der Waals surface area contributed by atoms with Crippen LogP contribution in [0.25, 0.3) is 11.1 Å². The molecule has 34 heavy (non-hydrogen) atoms. The number of ether oxygens (including phenoxy) is 1. The van der Waals surface area contributed by atoms with E-state index in [0.717, 1.165) is 24.0 Å². The second kappa shape index (κ2) is 11.0. The molecule has 2 aliphatic carbocycles. The van der Waals surface area contributed by atoms with Crippen LogP contribution in [-0.2, 0) is 14.3 Å². The molecular weight excluding hydrogens is 432 g/mol. The van der Waals surface area contributed by atoms with Gasteiger partial charge in [-0.25, -0.2) is 4.79 Å². The molecule has 0 aromatic heterocycles. The van der Waals surface area contributed by atoms with Gasteiger partial charge in [-0.3, -0.25) is 9.59 Å². The zero-order valence-corrected chi connectivity index (χ0v) is 19.0. The number of amides is 2. The van der Waals surface area contributed by atoms with Crippen molar-refractivity contribution in [2.75, 3.05) is 13.2 Å². The Morgan fingerprint density at radius 2 is 1.59 bits per heavy atom. The van der Waals surface area contributed by atoms with Crippen LogP contribution in [0.3, 0.4) is 0 Å². The third-order valence-electron chi connectivity index (χ3n) is 6.43. The van der Waals surface area contributed by atoms with Crippen molar-refractivity contribution in [3.8, 4) is 11.1 Å². The quantitative estimate of drug-likeness (QED) is 0.362. The summed E-state index contributed by atoms with van der Waals surface area (Å²) in [6.45, 7) is 0.773. The van der Waals surface area contributed by atoms with Crippen LogP contribution in [0.2, 0.25) is 0 Å². The van der Waals surface area contributed by atoms with Crippen LogP contribution in [0.4, 0.5) is 4.79 Å². The Hall–Kier alpha value is -3.61. The summed E-state index contributed by atoms with van der Waals surface area (Å²) in [5.74, 6) is -1.16. The monoisotopic (exact) mass is 462 g/mol. The molecule has 2 unspecified atom stereocenters. The molecular formula is C27H30N2O5. The van der Waals surface area contributed by atoms with E-state index in [4.69, 9.17) is 9.84 Å². The fourth-order valence-electron chi connectivity index (χ4n) is 4.71. The van der Waals surface area contributed by atoms with Crippen LogP contribution < -0.4 is 10.6 Å². The number of carbonyl (C=O) groups excluding carboxylic acids is 2. The number of nitrogens with one attached hydrogen (secondary N) is 2. The molecule has 2 aromatic carbocycles. The van der Waals surface area contributed by atoms with Crippen molar-refractivity contribution in [3.05, 3.63) is 71.8 Å². The van der Waals surface area contributed by atoms with Crippen LogP contribution >= 0.6 is 0 Å². The molecule has 4 rings (SSSR count). The Bertz CT molecular complexity index is 1030. The van der Waals surface area contributed by atoms with Gasteiger partial charge in [-0.15, -0.1) is 0 Å². The highest BCUT2D eigenvalue weighted by Gasteiger charge is 2.30. The van der Waals surface area contributed by atoms with Gasteiger partial charge in [-0.05, 0) is 41.5 Å². The number of carboxylic acid groups (broad SMARTS) is 1. The minimum atomic E-state index is -0.796. The number of benzene rings is 2. The predicted molar refractivity (Wildman–Crippen MR) is 128 cm³/mol. The van der Waals surface area contributed by atoms with E-state index in [9.17, 15) is 14.4 Å². The van der Waals surface area contributed by atoms with E-state index < -0.39 is 12.1 Å². The smallest absolute Gasteiger partial charge is 0.407 e. The molecule has 2 aromatic rings. The van der Waals surface area contributed by atoms with Crippen molar-refractivity contribution in [1.82, 2.24) is 10.6 Å². The SMILES string of the molecule is O=C(O)CCCCCNC(=O)C1C=CC(NC(=O)OCC2c3ccccc3-c3ccccc32)C1. The predicted octanol–water partition coefficient (Wildman–Crippen LogP) is 4.23. The Morgan fingerprint density at radius 3 is 2.26 bits per heavy atom. The van der Waals surface area contributed by atoms with E-state index in [1.165, 1.54) is 11.1 Å². The Labute approximate surface area is 199 Å². The van der Waals surface area contributed by atoms with Gasteiger partial charge < -0.3 is 20.5 Å². The number of aliphatic carboxylic acids is 1. The summed E-state index contributed by atoms with van der Waals surface area (Å²) in [5.41, 5.74) is 4.69. The molecule has 0 radical (unpaired) electrons. The highest BCUT2D eigenvalue weighted by atomic mass is 16.5.